The summed E-state index contributed by atoms with van der Waals surface area (Å²) in [5.74, 6) is 0.905. The molecule has 1 N–H and O–H groups in total. The average Bonchev–Trinajstić information content (AvgIpc) is 2.57. The fraction of sp³-hybridized carbons (Fsp3) is 0.400. The number of nitrogens with one attached hydrogen (secondary N) is 1. The highest BCUT2D eigenvalue weighted by atomic mass is 14.9. The van der Waals surface area contributed by atoms with Gasteiger partial charge in [0.15, 0.2) is 0 Å². The molecule has 2 aromatic rings. The van der Waals surface area contributed by atoms with Crippen LogP contribution in [0.1, 0.15) is 37.7 Å². The topological polar surface area (TPSA) is 12.0 Å². The quantitative estimate of drug-likeness (QED) is 0.810. The molecular formula is C20H25N. The molecule has 1 aliphatic rings. The van der Waals surface area contributed by atoms with Gasteiger partial charge >= 0.3 is 0 Å². The van der Waals surface area contributed by atoms with Crippen LogP contribution in [0.3, 0.4) is 0 Å². The van der Waals surface area contributed by atoms with Crippen molar-refractivity contribution in [2.75, 3.05) is 6.54 Å². The lowest BCUT2D eigenvalue weighted by molar-refractivity contribution is 0.342. The molecule has 0 saturated heterocycles. The lowest BCUT2D eigenvalue weighted by Crippen LogP contribution is -2.24. The van der Waals surface area contributed by atoms with Crippen LogP contribution in [-0.4, -0.2) is 6.54 Å². The minimum absolute atomic E-state index is 0.905. The van der Waals surface area contributed by atoms with Crippen LogP contribution in [0.15, 0.2) is 54.6 Å². The van der Waals surface area contributed by atoms with Crippen LogP contribution >= 0.6 is 0 Å². The van der Waals surface area contributed by atoms with E-state index in [0.717, 1.165) is 12.5 Å². The van der Waals surface area contributed by atoms with Gasteiger partial charge in [0, 0.05) is 6.54 Å². The number of hydrogen-bond donors (Lipinski definition) is 1. The van der Waals surface area contributed by atoms with E-state index < -0.39 is 0 Å². The molecule has 0 amide bonds. The highest BCUT2D eigenvalue weighted by molar-refractivity contribution is 5.63. The zero-order chi connectivity index (χ0) is 14.3. The fourth-order valence-corrected chi connectivity index (χ4v) is 3.26. The van der Waals surface area contributed by atoms with E-state index in [2.05, 4.69) is 59.9 Å². The Labute approximate surface area is 128 Å². The van der Waals surface area contributed by atoms with Gasteiger partial charge in [0.05, 0.1) is 0 Å². The summed E-state index contributed by atoms with van der Waals surface area (Å²) in [4.78, 5) is 0. The molecule has 1 heteroatoms. The molecule has 0 aliphatic heterocycles. The molecule has 1 fully saturated rings. The predicted molar refractivity (Wildman–Crippen MR) is 90.2 cm³/mol. The van der Waals surface area contributed by atoms with Gasteiger partial charge in [-0.15, -0.1) is 0 Å². The Morgan fingerprint density at radius 2 is 1.43 bits per heavy atom. The molecule has 3 rings (SSSR count). The summed E-state index contributed by atoms with van der Waals surface area (Å²) in [6.45, 7) is 2.17. The number of hydrogen-bond acceptors (Lipinski definition) is 1. The third-order valence-electron chi connectivity index (χ3n) is 4.55. The third-order valence-corrected chi connectivity index (χ3v) is 4.55. The minimum atomic E-state index is 0.905. The Morgan fingerprint density at radius 3 is 2.14 bits per heavy atom. The summed E-state index contributed by atoms with van der Waals surface area (Å²) in [5, 5.41) is 3.63. The lowest BCUT2D eigenvalue weighted by atomic mass is 9.89. The van der Waals surface area contributed by atoms with E-state index in [4.69, 9.17) is 0 Å². The van der Waals surface area contributed by atoms with Gasteiger partial charge in [0.1, 0.15) is 0 Å². The second-order valence-corrected chi connectivity index (χ2v) is 6.20. The Bertz CT molecular complexity index is 524. The van der Waals surface area contributed by atoms with Crippen LogP contribution in [0.4, 0.5) is 0 Å². The summed E-state index contributed by atoms with van der Waals surface area (Å²) >= 11 is 0. The smallest absolute Gasteiger partial charge is 0.0205 e. The molecule has 0 atom stereocenters. The van der Waals surface area contributed by atoms with E-state index >= 15 is 0 Å². The van der Waals surface area contributed by atoms with Crippen molar-refractivity contribution < 1.29 is 0 Å². The van der Waals surface area contributed by atoms with Crippen LogP contribution in [0, 0.1) is 5.92 Å². The summed E-state index contributed by atoms with van der Waals surface area (Å²) in [6.07, 6.45) is 7.13. The van der Waals surface area contributed by atoms with E-state index in [1.807, 2.05) is 0 Å². The Balaban J connectivity index is 1.50. The Hall–Kier alpha value is -1.60. The fourth-order valence-electron chi connectivity index (χ4n) is 3.26. The molecule has 0 aromatic heterocycles. The van der Waals surface area contributed by atoms with Crippen molar-refractivity contribution in [2.24, 2.45) is 5.92 Å². The molecule has 0 unspecified atom stereocenters. The zero-order valence-electron chi connectivity index (χ0n) is 12.7. The van der Waals surface area contributed by atoms with Crippen LogP contribution in [0.25, 0.3) is 11.1 Å². The van der Waals surface area contributed by atoms with Crippen molar-refractivity contribution in [3.63, 3.8) is 0 Å². The molecule has 0 heterocycles. The standard InChI is InChI=1S/C20H25N/c1-3-7-17(8-4-1)15-21-16-18-11-13-20(14-12-18)19-9-5-2-6-10-19/h2,5-6,9-14,17,21H,1,3-4,7-8,15-16H2. The first-order valence-electron chi connectivity index (χ1n) is 8.27. The van der Waals surface area contributed by atoms with Crippen LogP contribution in [0.2, 0.25) is 0 Å². The molecule has 1 saturated carbocycles. The maximum Gasteiger partial charge on any atom is 0.0205 e. The van der Waals surface area contributed by atoms with Crippen LogP contribution < -0.4 is 5.32 Å². The normalized spacial score (nSPS) is 16.0. The van der Waals surface area contributed by atoms with Crippen molar-refractivity contribution in [3.05, 3.63) is 60.2 Å². The van der Waals surface area contributed by atoms with Gasteiger partial charge in [0.25, 0.3) is 0 Å². The van der Waals surface area contributed by atoms with Crippen molar-refractivity contribution >= 4 is 0 Å². The summed E-state index contributed by atoms with van der Waals surface area (Å²) in [5.41, 5.74) is 3.97. The number of benzene rings is 2. The van der Waals surface area contributed by atoms with Gasteiger partial charge in [-0.3, -0.25) is 0 Å². The second kappa shape index (κ2) is 7.42. The molecule has 2 aromatic carbocycles. The Kier molecular flexibility index (Phi) is 5.07. The Morgan fingerprint density at radius 1 is 0.762 bits per heavy atom. The molecule has 1 nitrogen and oxygen atoms in total. The average molecular weight is 279 g/mol. The van der Waals surface area contributed by atoms with E-state index in [1.54, 1.807) is 0 Å². The first kappa shape index (κ1) is 14.3. The molecule has 0 spiro atoms. The zero-order valence-corrected chi connectivity index (χ0v) is 12.7. The largest absolute Gasteiger partial charge is 0.312 e. The summed E-state index contributed by atoms with van der Waals surface area (Å²) in [6, 6.07) is 19.5. The van der Waals surface area contributed by atoms with Gasteiger partial charge < -0.3 is 5.32 Å². The molecule has 0 radical (unpaired) electrons. The van der Waals surface area contributed by atoms with Crippen molar-refractivity contribution in [3.8, 4) is 11.1 Å². The molecular weight excluding hydrogens is 254 g/mol. The van der Waals surface area contributed by atoms with Gasteiger partial charge in [-0.1, -0.05) is 73.9 Å². The lowest BCUT2D eigenvalue weighted by Gasteiger charge is -2.21. The van der Waals surface area contributed by atoms with Crippen molar-refractivity contribution in [2.45, 2.75) is 38.6 Å². The van der Waals surface area contributed by atoms with Crippen LogP contribution in [-0.2, 0) is 6.54 Å². The van der Waals surface area contributed by atoms with Gasteiger partial charge in [0.2, 0.25) is 0 Å². The first-order chi connectivity index (χ1) is 10.4. The highest BCUT2D eigenvalue weighted by Crippen LogP contribution is 2.23. The van der Waals surface area contributed by atoms with Crippen molar-refractivity contribution in [1.82, 2.24) is 5.32 Å². The third kappa shape index (κ3) is 4.18. The minimum Gasteiger partial charge on any atom is -0.312 e. The molecule has 0 bridgehead atoms. The highest BCUT2D eigenvalue weighted by Gasteiger charge is 2.12. The predicted octanol–water partition coefficient (Wildman–Crippen LogP) is 5.02. The van der Waals surface area contributed by atoms with E-state index in [1.165, 1.54) is 55.3 Å². The second-order valence-electron chi connectivity index (χ2n) is 6.20. The van der Waals surface area contributed by atoms with Gasteiger partial charge in [-0.25, -0.2) is 0 Å². The van der Waals surface area contributed by atoms with Crippen molar-refractivity contribution in [1.29, 1.82) is 0 Å². The van der Waals surface area contributed by atoms with Gasteiger partial charge in [-0.2, -0.15) is 0 Å². The van der Waals surface area contributed by atoms with E-state index in [0.29, 0.717) is 0 Å². The molecule has 21 heavy (non-hydrogen) atoms. The molecule has 1 aliphatic carbocycles. The first-order valence-corrected chi connectivity index (χ1v) is 8.27. The summed E-state index contributed by atoms with van der Waals surface area (Å²) < 4.78 is 0. The van der Waals surface area contributed by atoms with E-state index in [9.17, 15) is 0 Å². The molecule has 110 valence electrons. The monoisotopic (exact) mass is 279 g/mol. The van der Waals surface area contributed by atoms with Gasteiger partial charge in [-0.05, 0) is 42.0 Å². The SMILES string of the molecule is c1ccc(-c2ccc(CNCC3CCCCC3)cc2)cc1. The number of rotatable bonds is 5. The van der Waals surface area contributed by atoms with Crippen LogP contribution in [0.5, 0.6) is 0 Å². The summed E-state index contributed by atoms with van der Waals surface area (Å²) in [7, 11) is 0. The van der Waals surface area contributed by atoms with E-state index in [-0.39, 0.29) is 0 Å². The maximum absolute atomic E-state index is 3.63. The maximum atomic E-state index is 3.63.